The van der Waals surface area contributed by atoms with Crippen LogP contribution in [-0.2, 0) is 14.9 Å². The van der Waals surface area contributed by atoms with E-state index in [1.165, 1.54) is 70.6 Å². The highest BCUT2D eigenvalue weighted by Gasteiger charge is 2.24. The van der Waals surface area contributed by atoms with Crippen molar-refractivity contribution in [3.63, 3.8) is 0 Å². The lowest BCUT2D eigenvalue weighted by atomic mass is 10.0. The third-order valence-electron chi connectivity index (χ3n) is 8.39. The molecule has 1 amide bonds. The number of unbranched alkanes of at least 4 members (excludes halogenated alkanes) is 16. The lowest BCUT2D eigenvalue weighted by molar-refractivity contribution is -0.122. The molecule has 0 aliphatic heterocycles. The molecule has 0 radical (unpaired) electrons. The van der Waals surface area contributed by atoms with Crippen molar-refractivity contribution in [3.05, 3.63) is 72.9 Å². The van der Waals surface area contributed by atoms with Gasteiger partial charge in [0, 0.05) is 6.42 Å². The Balaban J connectivity index is 4.05. The Morgan fingerprint density at radius 1 is 0.571 bits per heavy atom. The molecule has 0 fully saturated rings. The largest absolute Gasteiger partial charge is 0.387 e. The lowest BCUT2D eigenvalue weighted by Crippen LogP contribution is -2.46. The Hall–Kier alpha value is -2.22. The van der Waals surface area contributed by atoms with E-state index in [0.717, 1.165) is 70.6 Å². The fourth-order valence-corrected chi connectivity index (χ4v) is 6.21. The predicted octanol–water partition coefficient (Wildman–Crippen LogP) is 11.5. The molecular formula is C42H73NO5S. The molecule has 0 spiro atoms. The van der Waals surface area contributed by atoms with E-state index < -0.39 is 28.0 Å². The molecule has 0 aromatic carbocycles. The van der Waals surface area contributed by atoms with Crippen molar-refractivity contribution >= 4 is 16.0 Å². The summed E-state index contributed by atoms with van der Waals surface area (Å²) < 4.78 is 32.4. The number of rotatable bonds is 34. The summed E-state index contributed by atoms with van der Waals surface area (Å²) in [5.74, 6) is -1.03. The second-order valence-corrected chi connectivity index (χ2v) is 14.7. The monoisotopic (exact) mass is 704 g/mol. The van der Waals surface area contributed by atoms with E-state index >= 15 is 0 Å². The average molecular weight is 704 g/mol. The van der Waals surface area contributed by atoms with Crippen LogP contribution in [0.1, 0.15) is 168 Å². The van der Waals surface area contributed by atoms with Crippen LogP contribution < -0.4 is 5.32 Å². The van der Waals surface area contributed by atoms with Gasteiger partial charge in [0.15, 0.2) is 0 Å². The summed E-state index contributed by atoms with van der Waals surface area (Å²) in [6.07, 6.45) is 50.2. The van der Waals surface area contributed by atoms with E-state index in [0.29, 0.717) is 6.42 Å². The van der Waals surface area contributed by atoms with Gasteiger partial charge < -0.3 is 10.4 Å². The summed E-state index contributed by atoms with van der Waals surface area (Å²) in [6, 6.07) is -1.08. The molecule has 3 N–H and O–H groups in total. The first-order valence-corrected chi connectivity index (χ1v) is 21.2. The zero-order valence-electron chi connectivity index (χ0n) is 31.3. The molecule has 2 atom stereocenters. The van der Waals surface area contributed by atoms with Gasteiger partial charge in [0.2, 0.25) is 5.91 Å². The molecule has 0 aromatic heterocycles. The third kappa shape index (κ3) is 36.9. The summed E-state index contributed by atoms with van der Waals surface area (Å²) in [7, 11) is -4.36. The molecule has 0 bridgehead atoms. The number of aliphatic hydroxyl groups is 1. The first kappa shape index (κ1) is 46.8. The van der Waals surface area contributed by atoms with Gasteiger partial charge in [0.25, 0.3) is 10.1 Å². The number of hydrogen-bond acceptors (Lipinski definition) is 4. The maximum atomic E-state index is 12.5. The minimum Gasteiger partial charge on any atom is -0.387 e. The Kier molecular flexibility index (Phi) is 34.0. The molecule has 0 aliphatic carbocycles. The Bertz CT molecular complexity index is 1040. The van der Waals surface area contributed by atoms with Gasteiger partial charge in [-0.3, -0.25) is 9.35 Å². The molecule has 0 saturated heterocycles. The summed E-state index contributed by atoms with van der Waals surface area (Å²) >= 11 is 0. The topological polar surface area (TPSA) is 104 Å². The van der Waals surface area contributed by atoms with Crippen LogP contribution in [0.15, 0.2) is 72.9 Å². The van der Waals surface area contributed by atoms with Crippen LogP contribution in [-0.4, -0.2) is 41.9 Å². The van der Waals surface area contributed by atoms with Crippen molar-refractivity contribution in [1.29, 1.82) is 0 Å². The van der Waals surface area contributed by atoms with Crippen molar-refractivity contribution < 1.29 is 22.9 Å². The highest BCUT2D eigenvalue weighted by Crippen LogP contribution is 2.13. The molecule has 0 saturated carbocycles. The van der Waals surface area contributed by atoms with Crippen LogP contribution in [0, 0.1) is 0 Å². The number of carbonyl (C=O) groups is 1. The number of carbonyl (C=O) groups excluding carboxylic acids is 1. The fraction of sp³-hybridized carbons (Fsp3) is 0.690. The van der Waals surface area contributed by atoms with E-state index in [1.54, 1.807) is 6.08 Å². The predicted molar refractivity (Wildman–Crippen MR) is 211 cm³/mol. The molecule has 6 nitrogen and oxygen atoms in total. The second-order valence-electron chi connectivity index (χ2n) is 13.2. The molecule has 2 unspecified atom stereocenters. The summed E-state index contributed by atoms with van der Waals surface area (Å²) in [4.78, 5) is 12.5. The van der Waals surface area contributed by atoms with Gasteiger partial charge in [-0.05, 0) is 64.2 Å². The SMILES string of the molecule is CC/C=C\C/C=C\C/C=C\C/C=C\C/C=C\CCCCCC(=O)NC(CS(=O)(=O)O)C(O)/C=C/CCCCCCCCCCCCCCC. The highest BCUT2D eigenvalue weighted by atomic mass is 32.2. The van der Waals surface area contributed by atoms with Crippen molar-refractivity contribution in [2.24, 2.45) is 0 Å². The van der Waals surface area contributed by atoms with Gasteiger partial charge in [-0.25, -0.2) is 0 Å². The molecule has 49 heavy (non-hydrogen) atoms. The quantitative estimate of drug-likeness (QED) is 0.0351. The molecule has 0 heterocycles. The van der Waals surface area contributed by atoms with Crippen LogP contribution in [0.4, 0.5) is 0 Å². The zero-order chi connectivity index (χ0) is 36.1. The molecule has 0 aromatic rings. The van der Waals surface area contributed by atoms with Crippen LogP contribution in [0.3, 0.4) is 0 Å². The van der Waals surface area contributed by atoms with E-state index in [4.69, 9.17) is 0 Å². The Labute approximate surface area is 302 Å². The maximum Gasteiger partial charge on any atom is 0.267 e. The summed E-state index contributed by atoms with van der Waals surface area (Å²) in [5, 5.41) is 13.2. The third-order valence-corrected chi connectivity index (χ3v) is 9.17. The highest BCUT2D eigenvalue weighted by molar-refractivity contribution is 7.85. The van der Waals surface area contributed by atoms with Crippen molar-refractivity contribution in [2.45, 2.75) is 180 Å². The van der Waals surface area contributed by atoms with E-state index in [9.17, 15) is 22.9 Å². The van der Waals surface area contributed by atoms with Crippen molar-refractivity contribution in [2.75, 3.05) is 5.75 Å². The molecular weight excluding hydrogens is 631 g/mol. The minimum absolute atomic E-state index is 0.253. The van der Waals surface area contributed by atoms with Gasteiger partial charge in [-0.1, -0.05) is 170 Å². The molecule has 0 rings (SSSR count). The number of amides is 1. The van der Waals surface area contributed by atoms with E-state index in [1.807, 2.05) is 6.08 Å². The normalized spacial score (nSPS) is 14.1. The number of allylic oxidation sites excluding steroid dienone is 11. The van der Waals surface area contributed by atoms with Gasteiger partial charge >= 0.3 is 0 Å². The van der Waals surface area contributed by atoms with Gasteiger partial charge in [-0.2, -0.15) is 8.42 Å². The fourth-order valence-electron chi connectivity index (χ4n) is 5.47. The van der Waals surface area contributed by atoms with Gasteiger partial charge in [0.05, 0.1) is 17.9 Å². The summed E-state index contributed by atoms with van der Waals surface area (Å²) in [5.41, 5.74) is 0. The molecule has 0 aliphatic rings. The number of hydrogen-bond donors (Lipinski definition) is 3. The van der Waals surface area contributed by atoms with E-state index in [2.05, 4.69) is 79.9 Å². The molecule has 282 valence electrons. The maximum absolute atomic E-state index is 12.5. The lowest BCUT2D eigenvalue weighted by Gasteiger charge is -2.21. The molecule has 7 heteroatoms. The number of aliphatic hydroxyl groups excluding tert-OH is 1. The van der Waals surface area contributed by atoms with Crippen LogP contribution in [0.25, 0.3) is 0 Å². The van der Waals surface area contributed by atoms with Gasteiger partial charge in [-0.15, -0.1) is 0 Å². The standard InChI is InChI=1S/C42H73NO5S/c1-3-5-7-9-11-13-15-17-19-20-21-22-24-26-28-30-32-34-36-38-42(45)43-40(39-49(46,47)48)41(44)37-35-33-31-29-27-25-23-18-16-14-12-10-8-6-4-2/h5,7,11,13,17,19,21-22,26,28,35,37,40-41,44H,3-4,6,8-10,12,14-16,18,20,23-25,27,29-34,36,38-39H2,1-2H3,(H,43,45)(H,46,47,48)/b7-5-,13-11-,19-17-,22-21-,28-26-,37-35+. The van der Waals surface area contributed by atoms with E-state index in [-0.39, 0.29) is 12.3 Å². The van der Waals surface area contributed by atoms with Crippen molar-refractivity contribution in [1.82, 2.24) is 5.32 Å². The van der Waals surface area contributed by atoms with Crippen LogP contribution >= 0.6 is 0 Å². The van der Waals surface area contributed by atoms with Gasteiger partial charge in [0.1, 0.15) is 0 Å². The Morgan fingerprint density at radius 3 is 1.45 bits per heavy atom. The van der Waals surface area contributed by atoms with Crippen molar-refractivity contribution in [3.8, 4) is 0 Å². The zero-order valence-corrected chi connectivity index (χ0v) is 32.1. The minimum atomic E-state index is -4.36. The smallest absolute Gasteiger partial charge is 0.267 e. The first-order valence-electron chi connectivity index (χ1n) is 19.6. The summed E-state index contributed by atoms with van der Waals surface area (Å²) in [6.45, 7) is 4.40. The van der Waals surface area contributed by atoms with Crippen LogP contribution in [0.2, 0.25) is 0 Å². The second kappa shape index (κ2) is 35.6. The van der Waals surface area contributed by atoms with Crippen LogP contribution in [0.5, 0.6) is 0 Å². The Morgan fingerprint density at radius 2 is 0.980 bits per heavy atom. The average Bonchev–Trinajstić information content (AvgIpc) is 3.06. The number of nitrogens with one attached hydrogen (secondary N) is 1. The first-order chi connectivity index (χ1) is 23.8.